The van der Waals surface area contributed by atoms with Crippen LogP contribution in [-0.4, -0.2) is 37.1 Å². The summed E-state index contributed by atoms with van der Waals surface area (Å²) >= 11 is 0. The van der Waals surface area contributed by atoms with Crippen LogP contribution in [0.1, 0.15) is 21.0 Å². The quantitative estimate of drug-likeness (QED) is 0.223. The standard InChI is InChI=1S/C18H11N2.C7H5NO4.Ir/c1-2-5-13(6-3-1)16-11-10-15-9-8-14-7-4-12-19-17(14)18(15)20-16;9-6(10)4-2-1-3-5(8-4)7(11)12;/h1-5,7-12H;1-3H,(H,9,10)(H,11,12);/q-1;;. The molecule has 165 valence electrons. The van der Waals surface area contributed by atoms with Gasteiger partial charge in [0.2, 0.25) is 0 Å². The first kappa shape index (κ1) is 23.7. The second kappa shape index (κ2) is 10.5. The number of carboxylic acids is 2. The summed E-state index contributed by atoms with van der Waals surface area (Å²) in [5.74, 6) is -2.48. The first-order chi connectivity index (χ1) is 15.5. The topological polar surface area (TPSA) is 113 Å². The summed E-state index contributed by atoms with van der Waals surface area (Å²) in [6.07, 6.45) is 1.81. The number of aromatic nitrogens is 3. The Morgan fingerprint density at radius 3 is 2.00 bits per heavy atom. The van der Waals surface area contributed by atoms with Crippen molar-refractivity contribution in [2.75, 3.05) is 0 Å². The molecule has 0 aliphatic heterocycles. The summed E-state index contributed by atoms with van der Waals surface area (Å²) < 4.78 is 0. The molecule has 3 heterocycles. The van der Waals surface area contributed by atoms with Gasteiger partial charge in [-0.3, -0.25) is 9.97 Å². The Labute approximate surface area is 202 Å². The second-order valence-corrected chi connectivity index (χ2v) is 6.70. The fourth-order valence-corrected chi connectivity index (χ4v) is 3.10. The molecule has 0 aliphatic rings. The average Bonchev–Trinajstić information content (AvgIpc) is 2.84. The fourth-order valence-electron chi connectivity index (χ4n) is 3.10. The van der Waals surface area contributed by atoms with Crippen LogP contribution in [0, 0.1) is 6.07 Å². The van der Waals surface area contributed by atoms with Gasteiger partial charge in [-0.25, -0.2) is 14.6 Å². The van der Waals surface area contributed by atoms with Gasteiger partial charge < -0.3 is 10.2 Å². The summed E-state index contributed by atoms with van der Waals surface area (Å²) in [7, 11) is 0. The number of pyridine rings is 3. The van der Waals surface area contributed by atoms with Crippen LogP contribution in [0.5, 0.6) is 0 Å². The van der Waals surface area contributed by atoms with E-state index in [1.165, 1.54) is 18.2 Å². The van der Waals surface area contributed by atoms with E-state index in [1.807, 2.05) is 42.6 Å². The van der Waals surface area contributed by atoms with Gasteiger partial charge in [0.25, 0.3) is 0 Å². The van der Waals surface area contributed by atoms with E-state index in [1.54, 1.807) is 0 Å². The van der Waals surface area contributed by atoms with Gasteiger partial charge in [0, 0.05) is 37.1 Å². The predicted octanol–water partition coefficient (Wildman–Crippen LogP) is 4.73. The zero-order valence-electron chi connectivity index (χ0n) is 17.0. The van der Waals surface area contributed by atoms with E-state index in [-0.39, 0.29) is 31.5 Å². The van der Waals surface area contributed by atoms with Gasteiger partial charge in [-0.15, -0.1) is 35.9 Å². The maximum atomic E-state index is 10.3. The largest absolute Gasteiger partial charge is 0.477 e. The van der Waals surface area contributed by atoms with Crippen molar-refractivity contribution in [3.05, 3.63) is 103 Å². The summed E-state index contributed by atoms with van der Waals surface area (Å²) in [5.41, 5.74) is 3.28. The van der Waals surface area contributed by atoms with Crippen LogP contribution in [0.4, 0.5) is 0 Å². The van der Waals surface area contributed by atoms with Gasteiger partial charge in [0.15, 0.2) is 0 Å². The number of fused-ring (bicyclic) bond motifs is 3. The Morgan fingerprint density at radius 1 is 0.697 bits per heavy atom. The minimum Gasteiger partial charge on any atom is -0.477 e. The molecule has 2 N–H and O–H groups in total. The van der Waals surface area contributed by atoms with E-state index in [0.717, 1.165) is 33.1 Å². The van der Waals surface area contributed by atoms with Crippen molar-refractivity contribution in [3.8, 4) is 11.3 Å². The molecule has 0 saturated carbocycles. The molecule has 0 saturated heterocycles. The van der Waals surface area contributed by atoms with Gasteiger partial charge in [0.05, 0.1) is 11.0 Å². The third-order valence-corrected chi connectivity index (χ3v) is 4.60. The van der Waals surface area contributed by atoms with E-state index in [0.29, 0.717) is 0 Å². The molecule has 0 fully saturated rings. The number of hydrogen-bond acceptors (Lipinski definition) is 5. The number of carboxylic acid groups (broad SMARTS) is 2. The molecule has 3 aromatic heterocycles. The van der Waals surface area contributed by atoms with Crippen LogP contribution in [0.25, 0.3) is 33.1 Å². The molecule has 0 aliphatic carbocycles. The molecule has 5 aromatic rings. The van der Waals surface area contributed by atoms with Crippen LogP contribution in [0.15, 0.2) is 85.1 Å². The Hall–Kier alpha value is -4.00. The molecule has 0 unspecified atom stereocenters. The molecule has 8 heteroatoms. The summed E-state index contributed by atoms with van der Waals surface area (Å²) in [4.78, 5) is 33.3. The van der Waals surface area contributed by atoms with E-state index in [2.05, 4.69) is 40.3 Å². The van der Waals surface area contributed by atoms with Crippen molar-refractivity contribution in [3.63, 3.8) is 0 Å². The van der Waals surface area contributed by atoms with Crippen LogP contribution in [0.2, 0.25) is 0 Å². The van der Waals surface area contributed by atoms with Gasteiger partial charge in [-0.05, 0) is 23.9 Å². The van der Waals surface area contributed by atoms with Crippen molar-refractivity contribution in [1.29, 1.82) is 0 Å². The molecule has 2 aromatic carbocycles. The number of nitrogens with zero attached hydrogens (tertiary/aromatic N) is 3. The Morgan fingerprint density at radius 2 is 1.36 bits per heavy atom. The van der Waals surface area contributed by atoms with E-state index >= 15 is 0 Å². The molecule has 0 amide bonds. The van der Waals surface area contributed by atoms with Crippen LogP contribution in [-0.2, 0) is 20.1 Å². The minimum atomic E-state index is -1.24. The van der Waals surface area contributed by atoms with Gasteiger partial charge in [0.1, 0.15) is 11.4 Å². The third-order valence-electron chi connectivity index (χ3n) is 4.60. The van der Waals surface area contributed by atoms with Crippen LogP contribution in [0.3, 0.4) is 0 Å². The number of carbonyl (C=O) groups is 2. The molecule has 33 heavy (non-hydrogen) atoms. The Balaban J connectivity index is 0.000000205. The zero-order valence-corrected chi connectivity index (χ0v) is 19.4. The zero-order chi connectivity index (χ0) is 22.5. The van der Waals surface area contributed by atoms with Crippen molar-refractivity contribution in [2.45, 2.75) is 0 Å². The van der Waals surface area contributed by atoms with Crippen LogP contribution >= 0.6 is 0 Å². The molecule has 5 rings (SSSR count). The Bertz CT molecular complexity index is 1410. The summed E-state index contributed by atoms with van der Waals surface area (Å²) in [5, 5.41) is 19.1. The molecule has 0 spiro atoms. The van der Waals surface area contributed by atoms with Crippen molar-refractivity contribution >= 4 is 33.7 Å². The minimum absolute atomic E-state index is 0. The average molecular weight is 615 g/mol. The van der Waals surface area contributed by atoms with E-state index in [4.69, 9.17) is 15.2 Å². The molecule has 1 radical (unpaired) electrons. The molecule has 0 atom stereocenters. The van der Waals surface area contributed by atoms with Crippen molar-refractivity contribution in [1.82, 2.24) is 15.0 Å². The van der Waals surface area contributed by atoms with Crippen molar-refractivity contribution in [2.24, 2.45) is 0 Å². The fraction of sp³-hybridized carbons (Fsp3) is 0. The number of benzene rings is 2. The third kappa shape index (κ3) is 5.44. The summed E-state index contributed by atoms with van der Waals surface area (Å²) in [6.45, 7) is 0. The molecular formula is C25H16IrN3O4-. The summed E-state index contributed by atoms with van der Waals surface area (Å²) in [6, 6.07) is 27.2. The second-order valence-electron chi connectivity index (χ2n) is 6.70. The van der Waals surface area contributed by atoms with Crippen LogP contribution < -0.4 is 0 Å². The number of aromatic carboxylic acids is 2. The maximum Gasteiger partial charge on any atom is 0.354 e. The SMILES string of the molecule is O=C(O)c1cccc(C(=O)O)n1.[Ir].[c-]1ccccc1-c1ccc2ccc3cccnc3c2n1. The first-order valence-corrected chi connectivity index (χ1v) is 9.58. The normalized spacial score (nSPS) is 10.1. The van der Waals surface area contributed by atoms with E-state index in [9.17, 15) is 9.59 Å². The molecular weight excluding hydrogens is 599 g/mol. The molecule has 0 bridgehead atoms. The van der Waals surface area contributed by atoms with Gasteiger partial charge >= 0.3 is 11.9 Å². The monoisotopic (exact) mass is 615 g/mol. The van der Waals surface area contributed by atoms with Gasteiger partial charge in [-0.2, -0.15) is 0 Å². The van der Waals surface area contributed by atoms with E-state index < -0.39 is 11.9 Å². The molecule has 7 nitrogen and oxygen atoms in total. The first-order valence-electron chi connectivity index (χ1n) is 9.58. The predicted molar refractivity (Wildman–Crippen MR) is 119 cm³/mol. The van der Waals surface area contributed by atoms with Gasteiger partial charge in [-0.1, -0.05) is 36.4 Å². The Kier molecular flexibility index (Phi) is 7.56. The maximum absolute atomic E-state index is 10.3. The smallest absolute Gasteiger partial charge is 0.354 e. The number of hydrogen-bond donors (Lipinski definition) is 2. The van der Waals surface area contributed by atoms with Crippen molar-refractivity contribution < 1.29 is 39.9 Å². The number of rotatable bonds is 3.